The van der Waals surface area contributed by atoms with Gasteiger partial charge in [0.05, 0.1) is 4.92 Å². The molecule has 1 amide bonds. The molecule has 1 heterocycles. The minimum atomic E-state index is -1.30. The van der Waals surface area contributed by atoms with Gasteiger partial charge in [0, 0.05) is 7.05 Å². The molecule has 0 spiro atoms. The van der Waals surface area contributed by atoms with Gasteiger partial charge in [0.25, 0.3) is 0 Å². The predicted octanol–water partition coefficient (Wildman–Crippen LogP) is 1.48. The van der Waals surface area contributed by atoms with E-state index in [9.17, 15) is 14.9 Å². The summed E-state index contributed by atoms with van der Waals surface area (Å²) in [6, 6.07) is 2.77. The van der Waals surface area contributed by atoms with Gasteiger partial charge in [-0.15, -0.1) is 0 Å². The maximum atomic E-state index is 11.1. The minimum Gasteiger partial charge on any atom is -0.486 e. The van der Waals surface area contributed by atoms with Crippen LogP contribution in [0.2, 0.25) is 0 Å². The molecule has 0 saturated carbocycles. The normalized spacial score (nSPS) is 12.9. The summed E-state index contributed by atoms with van der Waals surface area (Å²) in [5, 5.41) is 19.9. The summed E-state index contributed by atoms with van der Waals surface area (Å²) in [6.07, 6.45) is -1.30. The number of benzene rings is 1. The van der Waals surface area contributed by atoms with Gasteiger partial charge in [0.15, 0.2) is 5.75 Å². The quantitative estimate of drug-likeness (QED) is 0.633. The van der Waals surface area contributed by atoms with Crippen LogP contribution in [0.3, 0.4) is 0 Å². The summed E-state index contributed by atoms with van der Waals surface area (Å²) in [4.78, 5) is 22.0. The van der Waals surface area contributed by atoms with Gasteiger partial charge in [0.1, 0.15) is 18.9 Å². The molecule has 0 radical (unpaired) electrons. The number of hydrogen-bond acceptors (Lipinski definition) is 5. The van der Waals surface area contributed by atoms with Gasteiger partial charge in [-0.25, -0.2) is 4.79 Å². The number of carboxylic acid groups (broad SMARTS) is 1. The second-order valence-electron chi connectivity index (χ2n) is 3.56. The van der Waals surface area contributed by atoms with Crippen LogP contribution in [-0.4, -0.2) is 36.4 Å². The van der Waals surface area contributed by atoms with Crippen molar-refractivity contribution in [1.82, 2.24) is 0 Å². The van der Waals surface area contributed by atoms with Crippen molar-refractivity contribution >= 4 is 17.5 Å². The Morgan fingerprint density at radius 3 is 2.72 bits per heavy atom. The molecule has 0 fully saturated rings. The second kappa shape index (κ2) is 4.40. The molecule has 1 aliphatic heterocycles. The zero-order valence-electron chi connectivity index (χ0n) is 9.45. The molecule has 0 unspecified atom stereocenters. The van der Waals surface area contributed by atoms with Crippen LogP contribution in [0.4, 0.5) is 16.2 Å². The van der Waals surface area contributed by atoms with Gasteiger partial charge < -0.3 is 14.6 Å². The number of carbonyl (C=O) groups is 1. The number of hydrogen-bond donors (Lipinski definition) is 1. The van der Waals surface area contributed by atoms with Crippen LogP contribution < -0.4 is 14.4 Å². The van der Waals surface area contributed by atoms with Gasteiger partial charge >= 0.3 is 11.8 Å². The molecule has 8 nitrogen and oxygen atoms in total. The third-order valence-electron chi connectivity index (χ3n) is 2.49. The van der Waals surface area contributed by atoms with Crippen molar-refractivity contribution in [3.63, 3.8) is 0 Å². The van der Waals surface area contributed by atoms with E-state index in [0.717, 1.165) is 4.90 Å². The Balaban J connectivity index is 2.60. The lowest BCUT2D eigenvalue weighted by Gasteiger charge is -2.21. The van der Waals surface area contributed by atoms with E-state index in [0.29, 0.717) is 6.61 Å². The van der Waals surface area contributed by atoms with Gasteiger partial charge in [0.2, 0.25) is 5.75 Å². The van der Waals surface area contributed by atoms with Crippen molar-refractivity contribution in [2.75, 3.05) is 25.2 Å². The first-order valence-corrected chi connectivity index (χ1v) is 5.06. The van der Waals surface area contributed by atoms with Crippen molar-refractivity contribution in [3.05, 3.63) is 22.2 Å². The van der Waals surface area contributed by atoms with Crippen LogP contribution >= 0.6 is 0 Å². The number of rotatable bonds is 2. The molecule has 1 N–H and O–H groups in total. The van der Waals surface area contributed by atoms with Gasteiger partial charge in [-0.2, -0.15) is 0 Å². The summed E-state index contributed by atoms with van der Waals surface area (Å²) in [6.45, 7) is 0.492. The monoisotopic (exact) mass is 254 g/mol. The molecule has 96 valence electrons. The first kappa shape index (κ1) is 12.0. The third kappa shape index (κ3) is 1.88. The number of fused-ring (bicyclic) bond motifs is 1. The van der Waals surface area contributed by atoms with Crippen molar-refractivity contribution < 1.29 is 24.3 Å². The van der Waals surface area contributed by atoms with E-state index in [2.05, 4.69) is 0 Å². The topological polar surface area (TPSA) is 102 Å². The van der Waals surface area contributed by atoms with E-state index < -0.39 is 16.7 Å². The lowest BCUT2D eigenvalue weighted by Crippen LogP contribution is -2.25. The average Bonchev–Trinajstić information content (AvgIpc) is 2.36. The smallest absolute Gasteiger partial charge is 0.411 e. The number of nitrogens with zero attached hydrogens (tertiary/aromatic N) is 2. The standard InChI is InChI=1S/C10H10N2O6/c1-11(10(13)14)6-2-3-7-9(8(6)12(15)16)18-5-4-17-7/h2-3H,4-5H2,1H3,(H,13,14). The van der Waals surface area contributed by atoms with Crippen LogP contribution in [-0.2, 0) is 0 Å². The van der Waals surface area contributed by atoms with Crippen molar-refractivity contribution in [1.29, 1.82) is 0 Å². The molecular weight excluding hydrogens is 244 g/mol. The fourth-order valence-corrected chi connectivity index (χ4v) is 1.64. The van der Waals surface area contributed by atoms with Crippen LogP contribution in [0.15, 0.2) is 12.1 Å². The Kier molecular flexibility index (Phi) is 2.92. The molecule has 1 aliphatic rings. The number of anilines is 1. The van der Waals surface area contributed by atoms with E-state index in [4.69, 9.17) is 14.6 Å². The zero-order valence-corrected chi connectivity index (χ0v) is 9.45. The van der Waals surface area contributed by atoms with Crippen LogP contribution in [0.1, 0.15) is 0 Å². The molecular formula is C10H10N2O6. The number of nitro groups is 1. The highest BCUT2D eigenvalue weighted by Gasteiger charge is 2.31. The lowest BCUT2D eigenvalue weighted by molar-refractivity contribution is -0.385. The van der Waals surface area contributed by atoms with Crippen molar-refractivity contribution in [2.45, 2.75) is 0 Å². The van der Waals surface area contributed by atoms with E-state index >= 15 is 0 Å². The van der Waals surface area contributed by atoms with Crippen LogP contribution in [0.5, 0.6) is 11.5 Å². The third-order valence-corrected chi connectivity index (χ3v) is 2.49. The fraction of sp³-hybridized carbons (Fsp3) is 0.300. The molecule has 0 aromatic heterocycles. The van der Waals surface area contributed by atoms with E-state index in [1.807, 2.05) is 0 Å². The van der Waals surface area contributed by atoms with Crippen LogP contribution in [0.25, 0.3) is 0 Å². The summed E-state index contributed by atoms with van der Waals surface area (Å²) in [5.74, 6) is 0.215. The highest BCUT2D eigenvalue weighted by molar-refractivity contribution is 5.90. The first-order chi connectivity index (χ1) is 8.52. The molecule has 0 atom stereocenters. The summed E-state index contributed by atoms with van der Waals surface area (Å²) < 4.78 is 10.4. The number of nitro benzene ring substituents is 1. The lowest BCUT2D eigenvalue weighted by atomic mass is 10.2. The first-order valence-electron chi connectivity index (χ1n) is 5.06. The van der Waals surface area contributed by atoms with E-state index in [1.165, 1.54) is 19.2 Å². The van der Waals surface area contributed by atoms with E-state index in [-0.39, 0.29) is 23.8 Å². The maximum Gasteiger partial charge on any atom is 0.411 e. The molecule has 0 bridgehead atoms. The molecule has 0 aliphatic carbocycles. The average molecular weight is 254 g/mol. The molecule has 2 rings (SSSR count). The van der Waals surface area contributed by atoms with Gasteiger partial charge in [-0.3, -0.25) is 15.0 Å². The molecule has 0 saturated heterocycles. The maximum absolute atomic E-state index is 11.1. The number of ether oxygens (including phenoxy) is 2. The SMILES string of the molecule is CN(C(=O)O)c1ccc2c(c1[N+](=O)[O-])OCCO2. The Labute approximate surface area is 101 Å². The molecule has 1 aromatic carbocycles. The summed E-state index contributed by atoms with van der Waals surface area (Å²) >= 11 is 0. The van der Waals surface area contributed by atoms with Crippen LogP contribution in [0, 0.1) is 10.1 Å². The van der Waals surface area contributed by atoms with Gasteiger partial charge in [-0.05, 0) is 12.1 Å². The Hall–Kier alpha value is -2.51. The van der Waals surface area contributed by atoms with Crippen molar-refractivity contribution in [3.8, 4) is 11.5 Å². The van der Waals surface area contributed by atoms with E-state index in [1.54, 1.807) is 0 Å². The molecule has 18 heavy (non-hydrogen) atoms. The minimum absolute atomic E-state index is 0.0307. The summed E-state index contributed by atoms with van der Waals surface area (Å²) in [5.41, 5.74) is -0.464. The predicted molar refractivity (Wildman–Crippen MR) is 60.5 cm³/mol. The number of amides is 1. The molecule has 8 heteroatoms. The Morgan fingerprint density at radius 1 is 1.44 bits per heavy atom. The zero-order chi connectivity index (χ0) is 13.3. The largest absolute Gasteiger partial charge is 0.486 e. The fourth-order valence-electron chi connectivity index (χ4n) is 1.64. The van der Waals surface area contributed by atoms with Gasteiger partial charge in [-0.1, -0.05) is 0 Å². The molecule has 1 aromatic rings. The van der Waals surface area contributed by atoms with Crippen molar-refractivity contribution in [2.24, 2.45) is 0 Å². The highest BCUT2D eigenvalue weighted by atomic mass is 16.6. The Bertz CT molecular complexity index is 515. The Morgan fingerprint density at radius 2 is 2.11 bits per heavy atom. The highest BCUT2D eigenvalue weighted by Crippen LogP contribution is 2.44. The second-order valence-corrected chi connectivity index (χ2v) is 3.56. The summed E-state index contributed by atoms with van der Waals surface area (Å²) in [7, 11) is 1.22.